The molecule has 1 heterocycles. The van der Waals surface area contributed by atoms with Crippen molar-refractivity contribution in [1.82, 2.24) is 9.88 Å². The van der Waals surface area contributed by atoms with E-state index in [1.54, 1.807) is 19.2 Å². The van der Waals surface area contributed by atoms with E-state index in [-0.39, 0.29) is 11.9 Å². The normalized spacial score (nSPS) is 10.7. The highest BCUT2D eigenvalue weighted by atomic mass is 35.5. The first-order valence-corrected chi connectivity index (χ1v) is 7.54. The van der Waals surface area contributed by atoms with E-state index in [1.165, 1.54) is 0 Å². The maximum atomic E-state index is 12.6. The summed E-state index contributed by atoms with van der Waals surface area (Å²) < 4.78 is 0. The molecule has 5 heteroatoms. The number of pyridine rings is 1. The highest BCUT2D eigenvalue weighted by Gasteiger charge is 2.22. The quantitative estimate of drug-likeness (QED) is 0.778. The average Bonchev–Trinajstić information content (AvgIpc) is 2.43. The zero-order valence-electron chi connectivity index (χ0n) is 12.7. The molecule has 0 aliphatic heterocycles. The van der Waals surface area contributed by atoms with Crippen LogP contribution in [0.5, 0.6) is 0 Å². The molecule has 0 unspecified atom stereocenters. The van der Waals surface area contributed by atoms with Gasteiger partial charge in [0.2, 0.25) is 0 Å². The molecule has 1 amide bonds. The van der Waals surface area contributed by atoms with Gasteiger partial charge in [0.05, 0.1) is 5.02 Å². The van der Waals surface area contributed by atoms with E-state index in [0.29, 0.717) is 16.5 Å². The third-order valence-corrected chi connectivity index (χ3v) is 3.50. The van der Waals surface area contributed by atoms with E-state index >= 15 is 0 Å². The molecule has 1 N–H and O–H groups in total. The van der Waals surface area contributed by atoms with Crippen LogP contribution in [0, 0.1) is 0 Å². The van der Waals surface area contributed by atoms with Gasteiger partial charge in [-0.2, -0.15) is 0 Å². The van der Waals surface area contributed by atoms with E-state index in [2.05, 4.69) is 17.2 Å². The molecule has 0 spiro atoms. The molecule has 0 atom stereocenters. The molecule has 0 radical (unpaired) electrons. The molecular formula is C15H24ClN3O. The smallest absolute Gasteiger partial charge is 0.274 e. The third kappa shape index (κ3) is 4.37. The van der Waals surface area contributed by atoms with Crippen molar-refractivity contribution < 1.29 is 4.79 Å². The molecule has 0 fully saturated rings. The van der Waals surface area contributed by atoms with Crippen LogP contribution in [0.15, 0.2) is 12.1 Å². The lowest BCUT2D eigenvalue weighted by molar-refractivity contribution is 0.0696. The zero-order valence-corrected chi connectivity index (χ0v) is 13.5. The summed E-state index contributed by atoms with van der Waals surface area (Å²) in [6.45, 7) is 6.92. The van der Waals surface area contributed by atoms with Crippen LogP contribution in [-0.2, 0) is 0 Å². The van der Waals surface area contributed by atoms with Gasteiger partial charge < -0.3 is 10.2 Å². The Morgan fingerprint density at radius 2 is 2.10 bits per heavy atom. The van der Waals surface area contributed by atoms with Crippen molar-refractivity contribution in [2.24, 2.45) is 0 Å². The molecule has 0 aliphatic carbocycles. The summed E-state index contributed by atoms with van der Waals surface area (Å²) in [4.78, 5) is 18.7. The third-order valence-electron chi connectivity index (χ3n) is 3.19. The molecule has 20 heavy (non-hydrogen) atoms. The Hall–Kier alpha value is -1.29. The highest BCUT2D eigenvalue weighted by molar-refractivity contribution is 6.33. The van der Waals surface area contributed by atoms with Crippen molar-refractivity contribution in [1.29, 1.82) is 0 Å². The summed E-state index contributed by atoms with van der Waals surface area (Å²) in [6, 6.07) is 3.60. The lowest BCUT2D eigenvalue weighted by Gasteiger charge is -2.27. The molecule has 0 aromatic carbocycles. The second-order valence-corrected chi connectivity index (χ2v) is 5.48. The van der Waals surface area contributed by atoms with Gasteiger partial charge in [-0.1, -0.05) is 31.4 Å². The number of carbonyl (C=O) groups is 1. The number of aromatic nitrogens is 1. The first kappa shape index (κ1) is 16.8. The van der Waals surface area contributed by atoms with Gasteiger partial charge in [0, 0.05) is 19.6 Å². The van der Waals surface area contributed by atoms with Crippen LogP contribution in [0.2, 0.25) is 5.02 Å². The van der Waals surface area contributed by atoms with Crippen molar-refractivity contribution in [2.75, 3.05) is 18.9 Å². The summed E-state index contributed by atoms with van der Waals surface area (Å²) in [5.74, 6) is 0.549. The van der Waals surface area contributed by atoms with Gasteiger partial charge in [-0.05, 0) is 32.4 Å². The number of anilines is 1. The molecule has 112 valence electrons. The molecule has 1 rings (SSSR count). The first-order chi connectivity index (χ1) is 9.51. The van der Waals surface area contributed by atoms with Gasteiger partial charge in [-0.25, -0.2) is 4.98 Å². The van der Waals surface area contributed by atoms with Crippen molar-refractivity contribution in [3.63, 3.8) is 0 Å². The van der Waals surface area contributed by atoms with Crippen LogP contribution in [0.3, 0.4) is 0 Å². The molecule has 0 saturated carbocycles. The topological polar surface area (TPSA) is 45.2 Å². The van der Waals surface area contributed by atoms with Gasteiger partial charge in [-0.15, -0.1) is 0 Å². The van der Waals surface area contributed by atoms with Crippen molar-refractivity contribution in [3.05, 3.63) is 22.8 Å². The zero-order chi connectivity index (χ0) is 15.1. The van der Waals surface area contributed by atoms with Crippen LogP contribution in [-0.4, -0.2) is 35.4 Å². The number of hydrogen-bond donors (Lipinski definition) is 1. The Kier molecular flexibility index (Phi) is 6.79. The Bertz CT molecular complexity index is 449. The van der Waals surface area contributed by atoms with Crippen molar-refractivity contribution in [3.8, 4) is 0 Å². The lowest BCUT2D eigenvalue weighted by Crippen LogP contribution is -2.38. The fourth-order valence-electron chi connectivity index (χ4n) is 1.99. The Labute approximate surface area is 126 Å². The molecular weight excluding hydrogens is 274 g/mol. The predicted octanol–water partition coefficient (Wildman–Crippen LogP) is 3.82. The Balaban J connectivity index is 2.93. The predicted molar refractivity (Wildman–Crippen MR) is 84.5 cm³/mol. The van der Waals surface area contributed by atoms with Gasteiger partial charge in [0.25, 0.3) is 5.91 Å². The lowest BCUT2D eigenvalue weighted by atomic mass is 10.2. The van der Waals surface area contributed by atoms with Gasteiger partial charge in [-0.3, -0.25) is 4.79 Å². The standard InChI is InChI=1S/C15H24ClN3O/c1-5-6-7-10-19(11(2)3)15(20)14-12(16)8-9-13(17-4)18-14/h8-9,11H,5-7,10H2,1-4H3,(H,17,18). The Morgan fingerprint density at radius 3 is 2.65 bits per heavy atom. The van der Waals surface area contributed by atoms with E-state index < -0.39 is 0 Å². The first-order valence-electron chi connectivity index (χ1n) is 7.16. The minimum absolute atomic E-state index is 0.0989. The molecule has 0 saturated heterocycles. The highest BCUT2D eigenvalue weighted by Crippen LogP contribution is 2.19. The van der Waals surface area contributed by atoms with Gasteiger partial charge >= 0.3 is 0 Å². The van der Waals surface area contributed by atoms with Gasteiger partial charge in [0.1, 0.15) is 11.5 Å². The van der Waals surface area contributed by atoms with Crippen molar-refractivity contribution >= 4 is 23.3 Å². The van der Waals surface area contributed by atoms with Gasteiger partial charge in [0.15, 0.2) is 0 Å². The number of carbonyl (C=O) groups excluding carboxylic acids is 1. The largest absolute Gasteiger partial charge is 0.373 e. The molecule has 0 aliphatic rings. The summed E-state index contributed by atoms with van der Waals surface area (Å²) in [5.41, 5.74) is 0.323. The summed E-state index contributed by atoms with van der Waals surface area (Å²) in [5, 5.41) is 3.33. The molecule has 1 aromatic rings. The fraction of sp³-hybridized carbons (Fsp3) is 0.600. The summed E-state index contributed by atoms with van der Waals surface area (Å²) >= 11 is 6.12. The van der Waals surface area contributed by atoms with Crippen molar-refractivity contribution in [2.45, 2.75) is 46.1 Å². The number of hydrogen-bond acceptors (Lipinski definition) is 3. The van der Waals surface area contributed by atoms with Crippen LogP contribution >= 0.6 is 11.6 Å². The number of nitrogens with zero attached hydrogens (tertiary/aromatic N) is 2. The van der Waals surface area contributed by atoms with Crippen LogP contribution < -0.4 is 5.32 Å². The number of halogens is 1. The minimum Gasteiger partial charge on any atom is -0.373 e. The monoisotopic (exact) mass is 297 g/mol. The van der Waals surface area contributed by atoms with Crippen LogP contribution in [0.25, 0.3) is 0 Å². The van der Waals surface area contributed by atoms with E-state index in [1.807, 2.05) is 18.7 Å². The molecule has 0 bridgehead atoms. The van der Waals surface area contributed by atoms with Crippen LogP contribution in [0.4, 0.5) is 5.82 Å². The summed E-state index contributed by atoms with van der Waals surface area (Å²) in [6.07, 6.45) is 3.26. The number of rotatable bonds is 7. The second kappa shape index (κ2) is 8.10. The average molecular weight is 298 g/mol. The number of unbranched alkanes of at least 4 members (excludes halogenated alkanes) is 2. The summed E-state index contributed by atoms with van der Waals surface area (Å²) in [7, 11) is 1.77. The molecule has 1 aromatic heterocycles. The van der Waals surface area contributed by atoms with E-state index in [4.69, 9.17) is 11.6 Å². The SMILES string of the molecule is CCCCCN(C(=O)c1nc(NC)ccc1Cl)C(C)C. The minimum atomic E-state index is -0.0989. The van der Waals surface area contributed by atoms with Crippen LogP contribution in [0.1, 0.15) is 50.5 Å². The number of nitrogens with one attached hydrogen (secondary N) is 1. The number of amides is 1. The second-order valence-electron chi connectivity index (χ2n) is 5.08. The molecule has 4 nitrogen and oxygen atoms in total. The fourth-order valence-corrected chi connectivity index (χ4v) is 2.18. The maximum Gasteiger partial charge on any atom is 0.274 e. The maximum absolute atomic E-state index is 12.6. The van der Waals surface area contributed by atoms with E-state index in [9.17, 15) is 4.79 Å². The van der Waals surface area contributed by atoms with E-state index in [0.717, 1.165) is 25.8 Å². The Morgan fingerprint density at radius 1 is 1.40 bits per heavy atom.